The number of aromatic hydroxyl groups is 1. The first-order valence-electron chi connectivity index (χ1n) is 5.87. The normalized spacial score (nSPS) is 16.0. The van der Waals surface area contributed by atoms with Gasteiger partial charge in [-0.15, -0.1) is 0 Å². The molecule has 0 spiro atoms. The zero-order chi connectivity index (χ0) is 13.7. The summed E-state index contributed by atoms with van der Waals surface area (Å²) < 4.78 is 16.2. The van der Waals surface area contributed by atoms with Crippen LogP contribution in [0, 0.1) is 0 Å². The van der Waals surface area contributed by atoms with Crippen molar-refractivity contribution >= 4 is 10.8 Å². The maximum absolute atomic E-state index is 11.1. The number of nitrogens with one attached hydrogen (secondary N) is 1. The van der Waals surface area contributed by atoms with Crippen molar-refractivity contribution < 1.29 is 14.1 Å². The molecule has 1 aromatic carbocycles. The number of ether oxygens (including phenoxy) is 1. The van der Waals surface area contributed by atoms with Gasteiger partial charge in [-0.2, -0.15) is 0 Å². The summed E-state index contributed by atoms with van der Waals surface area (Å²) in [6.45, 7) is 4.04. The van der Waals surface area contributed by atoms with Crippen molar-refractivity contribution in [1.82, 2.24) is 5.32 Å². The van der Waals surface area contributed by atoms with Gasteiger partial charge in [0.25, 0.3) is 0 Å². The van der Waals surface area contributed by atoms with Gasteiger partial charge in [0.1, 0.15) is 0 Å². The molecule has 0 fully saturated rings. The zero-order valence-corrected chi connectivity index (χ0v) is 12.1. The topological polar surface area (TPSA) is 58.6 Å². The van der Waals surface area contributed by atoms with E-state index in [2.05, 4.69) is 5.32 Å². The average molecular weight is 271 g/mol. The van der Waals surface area contributed by atoms with Crippen molar-refractivity contribution in [2.24, 2.45) is 0 Å². The predicted molar refractivity (Wildman–Crippen MR) is 74.6 cm³/mol. The summed E-state index contributed by atoms with van der Waals surface area (Å²) in [6.07, 6.45) is 1.70. The van der Waals surface area contributed by atoms with Gasteiger partial charge in [-0.25, -0.2) is 0 Å². The lowest BCUT2D eigenvalue weighted by molar-refractivity contribution is 0.372. The van der Waals surface area contributed by atoms with Gasteiger partial charge in [0.15, 0.2) is 11.5 Å². The molecule has 1 rings (SSSR count). The maximum atomic E-state index is 11.1. The standard InChI is InChI=1S/C13H21NO3S/c1-9(8-18(4)16)14-10(2)11-5-6-12(15)13(7-11)17-3/h5-7,9-10,14-15H,8H2,1-4H3. The van der Waals surface area contributed by atoms with Crippen molar-refractivity contribution in [2.75, 3.05) is 19.1 Å². The molecule has 3 atom stereocenters. The van der Waals surface area contributed by atoms with Gasteiger partial charge in [0, 0.05) is 34.9 Å². The summed E-state index contributed by atoms with van der Waals surface area (Å²) in [7, 11) is 0.722. The second-order valence-corrected chi connectivity index (χ2v) is 5.94. The molecule has 4 nitrogen and oxygen atoms in total. The molecule has 0 radical (unpaired) electrons. The van der Waals surface area contributed by atoms with E-state index >= 15 is 0 Å². The molecule has 0 bridgehead atoms. The molecular formula is C13H21NO3S. The molecule has 3 unspecified atom stereocenters. The number of hydrogen-bond acceptors (Lipinski definition) is 4. The summed E-state index contributed by atoms with van der Waals surface area (Å²) >= 11 is 0. The lowest BCUT2D eigenvalue weighted by Gasteiger charge is -2.20. The first-order chi connectivity index (χ1) is 8.43. The number of rotatable bonds is 6. The minimum absolute atomic E-state index is 0.109. The fraction of sp³-hybridized carbons (Fsp3) is 0.538. The third kappa shape index (κ3) is 4.31. The van der Waals surface area contributed by atoms with E-state index in [1.54, 1.807) is 12.3 Å². The van der Waals surface area contributed by atoms with Crippen LogP contribution in [0.25, 0.3) is 0 Å². The van der Waals surface area contributed by atoms with Gasteiger partial charge in [-0.1, -0.05) is 6.07 Å². The molecule has 0 aromatic heterocycles. The Kier molecular flexibility index (Phi) is 5.62. The average Bonchev–Trinajstić information content (AvgIpc) is 2.28. The summed E-state index contributed by atoms with van der Waals surface area (Å²) in [6, 6.07) is 5.56. The molecule has 5 heteroatoms. The number of benzene rings is 1. The van der Waals surface area contributed by atoms with Crippen molar-refractivity contribution in [3.05, 3.63) is 23.8 Å². The lowest BCUT2D eigenvalue weighted by Crippen LogP contribution is -2.33. The Bertz CT molecular complexity index is 423. The van der Waals surface area contributed by atoms with E-state index in [1.165, 1.54) is 7.11 Å². The van der Waals surface area contributed by atoms with Crippen LogP contribution in [0.15, 0.2) is 18.2 Å². The Labute approximate surface area is 111 Å². The Balaban J connectivity index is 2.71. The molecule has 18 heavy (non-hydrogen) atoms. The SMILES string of the molecule is COc1cc(C(C)NC(C)CS(C)=O)ccc1O. The van der Waals surface area contributed by atoms with Crippen LogP contribution in [-0.4, -0.2) is 34.5 Å². The quantitative estimate of drug-likeness (QED) is 0.828. The van der Waals surface area contributed by atoms with Gasteiger partial charge in [-0.3, -0.25) is 4.21 Å². The number of methoxy groups -OCH3 is 1. The number of phenolic OH excluding ortho intramolecular Hbond substituents is 1. The second kappa shape index (κ2) is 6.75. The highest BCUT2D eigenvalue weighted by molar-refractivity contribution is 7.84. The first-order valence-corrected chi connectivity index (χ1v) is 7.59. The summed E-state index contributed by atoms with van der Waals surface area (Å²) in [5.74, 6) is 1.23. The summed E-state index contributed by atoms with van der Waals surface area (Å²) in [5, 5.41) is 12.9. The Morgan fingerprint density at radius 3 is 2.67 bits per heavy atom. The highest BCUT2D eigenvalue weighted by Gasteiger charge is 2.12. The van der Waals surface area contributed by atoms with E-state index < -0.39 is 10.8 Å². The molecule has 0 amide bonds. The first kappa shape index (κ1) is 15.0. The van der Waals surface area contributed by atoms with Crippen molar-refractivity contribution in [2.45, 2.75) is 25.9 Å². The van der Waals surface area contributed by atoms with Crippen molar-refractivity contribution in [1.29, 1.82) is 0 Å². The third-order valence-electron chi connectivity index (χ3n) is 2.72. The van der Waals surface area contributed by atoms with E-state index in [9.17, 15) is 9.32 Å². The molecule has 0 aliphatic carbocycles. The third-order valence-corrected chi connectivity index (χ3v) is 3.69. The largest absolute Gasteiger partial charge is 0.504 e. The van der Waals surface area contributed by atoms with Crippen LogP contribution >= 0.6 is 0 Å². The summed E-state index contributed by atoms with van der Waals surface area (Å²) in [4.78, 5) is 0. The predicted octanol–water partition coefficient (Wildman–Crippen LogP) is 1.82. The van der Waals surface area contributed by atoms with Crippen LogP contribution in [0.1, 0.15) is 25.5 Å². The van der Waals surface area contributed by atoms with Gasteiger partial charge < -0.3 is 15.2 Å². The summed E-state index contributed by atoms with van der Waals surface area (Å²) in [5.41, 5.74) is 1.03. The van der Waals surface area contributed by atoms with Gasteiger partial charge in [0.05, 0.1) is 7.11 Å². The van der Waals surface area contributed by atoms with Gasteiger partial charge in [-0.05, 0) is 31.5 Å². The molecule has 1 aromatic rings. The molecular weight excluding hydrogens is 250 g/mol. The maximum Gasteiger partial charge on any atom is 0.160 e. The van der Waals surface area contributed by atoms with Crippen LogP contribution in [-0.2, 0) is 10.8 Å². The van der Waals surface area contributed by atoms with E-state index in [-0.39, 0.29) is 17.8 Å². The van der Waals surface area contributed by atoms with E-state index in [0.29, 0.717) is 11.5 Å². The highest BCUT2D eigenvalue weighted by atomic mass is 32.2. The van der Waals surface area contributed by atoms with Crippen molar-refractivity contribution in [3.8, 4) is 11.5 Å². The fourth-order valence-corrected chi connectivity index (χ4v) is 2.69. The molecule has 102 valence electrons. The lowest BCUT2D eigenvalue weighted by atomic mass is 10.1. The smallest absolute Gasteiger partial charge is 0.160 e. The zero-order valence-electron chi connectivity index (χ0n) is 11.3. The highest BCUT2D eigenvalue weighted by Crippen LogP contribution is 2.28. The van der Waals surface area contributed by atoms with Crippen molar-refractivity contribution in [3.63, 3.8) is 0 Å². The minimum atomic E-state index is -0.805. The van der Waals surface area contributed by atoms with Crippen LogP contribution < -0.4 is 10.1 Å². The van der Waals surface area contributed by atoms with E-state index in [1.807, 2.05) is 26.0 Å². The second-order valence-electron chi connectivity index (χ2n) is 4.46. The Morgan fingerprint density at radius 1 is 1.44 bits per heavy atom. The van der Waals surface area contributed by atoms with Gasteiger partial charge >= 0.3 is 0 Å². The van der Waals surface area contributed by atoms with Crippen LogP contribution in [0.4, 0.5) is 0 Å². The molecule has 0 heterocycles. The Morgan fingerprint density at radius 2 is 2.11 bits per heavy atom. The molecule has 0 saturated carbocycles. The molecule has 2 N–H and O–H groups in total. The minimum Gasteiger partial charge on any atom is -0.504 e. The van der Waals surface area contributed by atoms with E-state index in [0.717, 1.165) is 5.56 Å². The van der Waals surface area contributed by atoms with Crippen LogP contribution in [0.5, 0.6) is 11.5 Å². The molecule has 0 saturated heterocycles. The number of hydrogen-bond donors (Lipinski definition) is 2. The van der Waals surface area contributed by atoms with Crippen LogP contribution in [0.3, 0.4) is 0 Å². The molecule has 0 aliphatic rings. The monoisotopic (exact) mass is 271 g/mol. The molecule has 0 aliphatic heterocycles. The number of phenols is 1. The fourth-order valence-electron chi connectivity index (χ4n) is 1.89. The van der Waals surface area contributed by atoms with E-state index in [4.69, 9.17) is 4.74 Å². The van der Waals surface area contributed by atoms with Gasteiger partial charge in [0.2, 0.25) is 0 Å². The van der Waals surface area contributed by atoms with Crippen LogP contribution in [0.2, 0.25) is 0 Å². The Hall–Kier alpha value is -1.07.